The fourth-order valence-corrected chi connectivity index (χ4v) is 3.42. The average molecular weight is 380 g/mol. The number of rotatable bonds is 8. The maximum atomic E-state index is 12.9. The monoisotopic (exact) mass is 380 g/mol. The Labute approximate surface area is 152 Å². The van der Waals surface area contributed by atoms with E-state index < -0.39 is 15.8 Å². The van der Waals surface area contributed by atoms with Gasteiger partial charge in [0.25, 0.3) is 0 Å². The summed E-state index contributed by atoms with van der Waals surface area (Å²) in [6.07, 6.45) is 0. The number of sulfonamides is 1. The van der Waals surface area contributed by atoms with E-state index in [4.69, 9.17) is 4.74 Å². The SMILES string of the molecule is CCOc1ccccc1N(CCNS(=O)(=O)c1ccc(F)cc1)C(C)=O. The second-order valence-corrected chi connectivity index (χ2v) is 7.19. The number of carbonyl (C=O) groups excluding carboxylic acids is 1. The van der Waals surface area contributed by atoms with Crippen LogP contribution in [0.15, 0.2) is 53.4 Å². The second-order valence-electron chi connectivity index (χ2n) is 5.42. The van der Waals surface area contributed by atoms with Gasteiger partial charge in [-0.15, -0.1) is 0 Å². The van der Waals surface area contributed by atoms with Crippen LogP contribution in [0.1, 0.15) is 13.8 Å². The molecule has 0 aromatic heterocycles. The first-order chi connectivity index (χ1) is 12.3. The predicted molar refractivity (Wildman–Crippen MR) is 97.2 cm³/mol. The van der Waals surface area contributed by atoms with Gasteiger partial charge in [-0.05, 0) is 43.3 Å². The molecule has 0 unspecified atom stereocenters. The summed E-state index contributed by atoms with van der Waals surface area (Å²) in [6, 6.07) is 11.6. The lowest BCUT2D eigenvalue weighted by Crippen LogP contribution is -2.37. The van der Waals surface area contributed by atoms with Crippen LogP contribution in [0.4, 0.5) is 10.1 Å². The van der Waals surface area contributed by atoms with Crippen molar-refractivity contribution in [3.63, 3.8) is 0 Å². The Kier molecular flexibility index (Phi) is 6.70. The fourth-order valence-electron chi connectivity index (χ4n) is 2.39. The van der Waals surface area contributed by atoms with E-state index in [1.165, 1.54) is 24.0 Å². The lowest BCUT2D eigenvalue weighted by molar-refractivity contribution is -0.116. The molecule has 0 aliphatic heterocycles. The molecule has 1 N–H and O–H groups in total. The molecular formula is C18H21FN2O4S. The van der Waals surface area contributed by atoms with Crippen LogP contribution in [0.2, 0.25) is 0 Å². The number of benzene rings is 2. The summed E-state index contributed by atoms with van der Waals surface area (Å²) in [6.45, 7) is 3.81. The molecule has 0 bridgehead atoms. The van der Waals surface area contributed by atoms with Crippen LogP contribution in [-0.4, -0.2) is 34.0 Å². The summed E-state index contributed by atoms with van der Waals surface area (Å²) in [5, 5.41) is 0. The fraction of sp³-hybridized carbons (Fsp3) is 0.278. The third-order valence-electron chi connectivity index (χ3n) is 3.59. The molecule has 2 rings (SSSR count). The van der Waals surface area contributed by atoms with Gasteiger partial charge in [0.15, 0.2) is 0 Å². The van der Waals surface area contributed by atoms with E-state index in [0.29, 0.717) is 18.0 Å². The summed E-state index contributed by atoms with van der Waals surface area (Å²) in [5.74, 6) is -0.205. The standard InChI is InChI=1S/C18H21FN2O4S/c1-3-25-18-7-5-4-6-17(18)21(14(2)22)13-12-20-26(23,24)16-10-8-15(19)9-11-16/h4-11,20H,3,12-13H2,1-2H3. The third kappa shape index (κ3) is 5.03. The highest BCUT2D eigenvalue weighted by Crippen LogP contribution is 2.28. The maximum absolute atomic E-state index is 12.9. The highest BCUT2D eigenvalue weighted by Gasteiger charge is 2.18. The molecule has 2 aromatic carbocycles. The van der Waals surface area contributed by atoms with Crippen LogP contribution in [0.3, 0.4) is 0 Å². The van der Waals surface area contributed by atoms with E-state index in [2.05, 4.69) is 4.72 Å². The lowest BCUT2D eigenvalue weighted by Gasteiger charge is -2.23. The van der Waals surface area contributed by atoms with E-state index in [1.54, 1.807) is 24.3 Å². The van der Waals surface area contributed by atoms with E-state index in [0.717, 1.165) is 12.1 Å². The number of amides is 1. The lowest BCUT2D eigenvalue weighted by atomic mass is 10.2. The van der Waals surface area contributed by atoms with Gasteiger partial charge in [-0.1, -0.05) is 12.1 Å². The van der Waals surface area contributed by atoms with E-state index in [9.17, 15) is 17.6 Å². The van der Waals surface area contributed by atoms with Gasteiger partial charge in [0.2, 0.25) is 15.9 Å². The van der Waals surface area contributed by atoms with Gasteiger partial charge in [-0.2, -0.15) is 0 Å². The maximum Gasteiger partial charge on any atom is 0.240 e. The summed E-state index contributed by atoms with van der Waals surface area (Å²) in [7, 11) is -3.79. The van der Waals surface area contributed by atoms with Gasteiger partial charge in [0.1, 0.15) is 11.6 Å². The predicted octanol–water partition coefficient (Wildman–Crippen LogP) is 2.56. The number of hydrogen-bond donors (Lipinski definition) is 1. The van der Waals surface area contributed by atoms with E-state index >= 15 is 0 Å². The Morgan fingerprint density at radius 2 is 1.81 bits per heavy atom. The zero-order valence-corrected chi connectivity index (χ0v) is 15.4. The minimum atomic E-state index is -3.79. The molecule has 0 aliphatic carbocycles. The first-order valence-corrected chi connectivity index (χ1v) is 9.58. The molecule has 0 aliphatic rings. The summed E-state index contributed by atoms with van der Waals surface area (Å²) >= 11 is 0. The minimum Gasteiger partial charge on any atom is -0.492 e. The molecule has 0 radical (unpaired) electrons. The molecule has 0 saturated carbocycles. The molecule has 0 saturated heterocycles. The molecule has 26 heavy (non-hydrogen) atoms. The van der Waals surface area contributed by atoms with Crippen LogP contribution in [0.5, 0.6) is 5.75 Å². The van der Waals surface area contributed by atoms with Gasteiger partial charge in [0, 0.05) is 20.0 Å². The minimum absolute atomic E-state index is 0.000249. The molecule has 140 valence electrons. The molecule has 0 fully saturated rings. The van der Waals surface area contributed by atoms with Crippen LogP contribution >= 0.6 is 0 Å². The molecule has 8 heteroatoms. The highest BCUT2D eigenvalue weighted by molar-refractivity contribution is 7.89. The zero-order valence-electron chi connectivity index (χ0n) is 14.6. The molecular weight excluding hydrogens is 359 g/mol. The van der Waals surface area contributed by atoms with Crippen molar-refractivity contribution >= 4 is 21.6 Å². The number of hydrogen-bond acceptors (Lipinski definition) is 4. The van der Waals surface area contributed by atoms with Crippen molar-refractivity contribution in [1.82, 2.24) is 4.72 Å². The molecule has 0 atom stereocenters. The number of halogens is 1. The van der Waals surface area contributed by atoms with Crippen molar-refractivity contribution in [2.24, 2.45) is 0 Å². The Balaban J connectivity index is 2.10. The summed E-state index contributed by atoms with van der Waals surface area (Å²) in [5.41, 5.74) is 0.572. The number of nitrogens with zero attached hydrogens (tertiary/aromatic N) is 1. The first kappa shape index (κ1) is 19.9. The van der Waals surface area contributed by atoms with Gasteiger partial charge in [0.05, 0.1) is 17.2 Å². The Bertz CT molecular complexity index is 854. The topological polar surface area (TPSA) is 75.7 Å². The quantitative estimate of drug-likeness (QED) is 0.764. The van der Waals surface area contributed by atoms with Crippen LogP contribution < -0.4 is 14.4 Å². The van der Waals surface area contributed by atoms with Gasteiger partial charge >= 0.3 is 0 Å². The molecule has 6 nitrogen and oxygen atoms in total. The molecule has 0 heterocycles. The van der Waals surface area contributed by atoms with Crippen molar-refractivity contribution in [1.29, 1.82) is 0 Å². The number of ether oxygens (including phenoxy) is 1. The van der Waals surface area contributed by atoms with Crippen LogP contribution in [-0.2, 0) is 14.8 Å². The average Bonchev–Trinajstić information content (AvgIpc) is 2.60. The Morgan fingerprint density at radius 1 is 1.15 bits per heavy atom. The summed E-state index contributed by atoms with van der Waals surface area (Å²) in [4.78, 5) is 13.4. The van der Waals surface area contributed by atoms with Crippen molar-refractivity contribution in [2.75, 3.05) is 24.6 Å². The van der Waals surface area contributed by atoms with Crippen molar-refractivity contribution in [3.8, 4) is 5.75 Å². The molecule has 1 amide bonds. The first-order valence-electron chi connectivity index (χ1n) is 8.10. The van der Waals surface area contributed by atoms with Gasteiger partial charge in [-0.3, -0.25) is 4.79 Å². The number of carbonyl (C=O) groups is 1. The van der Waals surface area contributed by atoms with Crippen molar-refractivity contribution < 1.29 is 22.3 Å². The Hall–Kier alpha value is -2.45. The Morgan fingerprint density at radius 3 is 2.42 bits per heavy atom. The number of anilines is 1. The molecule has 2 aromatic rings. The van der Waals surface area contributed by atoms with Crippen molar-refractivity contribution in [3.05, 3.63) is 54.3 Å². The smallest absolute Gasteiger partial charge is 0.240 e. The normalized spacial score (nSPS) is 11.2. The number of para-hydroxylation sites is 2. The van der Waals surface area contributed by atoms with E-state index in [1.807, 2.05) is 6.92 Å². The van der Waals surface area contributed by atoms with Crippen LogP contribution in [0.25, 0.3) is 0 Å². The van der Waals surface area contributed by atoms with E-state index in [-0.39, 0.29) is 23.9 Å². The van der Waals surface area contributed by atoms with Gasteiger partial charge in [-0.25, -0.2) is 17.5 Å². The van der Waals surface area contributed by atoms with Gasteiger partial charge < -0.3 is 9.64 Å². The zero-order chi connectivity index (χ0) is 19.2. The highest BCUT2D eigenvalue weighted by atomic mass is 32.2. The molecule has 0 spiro atoms. The third-order valence-corrected chi connectivity index (χ3v) is 5.06. The second kappa shape index (κ2) is 8.77. The number of nitrogens with one attached hydrogen (secondary N) is 1. The van der Waals surface area contributed by atoms with Crippen LogP contribution in [0, 0.1) is 5.82 Å². The van der Waals surface area contributed by atoms with Crippen molar-refractivity contribution in [2.45, 2.75) is 18.7 Å². The summed E-state index contributed by atoms with van der Waals surface area (Å²) < 4.78 is 45.4. The largest absolute Gasteiger partial charge is 0.492 e.